The van der Waals surface area contributed by atoms with Gasteiger partial charge in [-0.25, -0.2) is 0 Å². The van der Waals surface area contributed by atoms with Crippen LogP contribution in [0.2, 0.25) is 5.15 Å². The number of benzene rings is 1. The van der Waals surface area contributed by atoms with E-state index in [0.29, 0.717) is 29.8 Å². The number of carbonyl (C=O) groups is 1. The van der Waals surface area contributed by atoms with Crippen molar-refractivity contribution in [3.8, 4) is 11.5 Å². The Morgan fingerprint density at radius 3 is 2.84 bits per heavy atom. The lowest BCUT2D eigenvalue weighted by Crippen LogP contribution is -2.42. The van der Waals surface area contributed by atoms with Crippen LogP contribution in [0.15, 0.2) is 24.3 Å². The molecule has 1 saturated heterocycles. The van der Waals surface area contributed by atoms with Crippen molar-refractivity contribution in [3.05, 3.63) is 40.7 Å². The highest BCUT2D eigenvalue weighted by Gasteiger charge is 2.38. The molecule has 0 aliphatic carbocycles. The van der Waals surface area contributed by atoms with Crippen molar-refractivity contribution in [2.24, 2.45) is 7.05 Å². The highest BCUT2D eigenvalue weighted by molar-refractivity contribution is 8.00. The highest BCUT2D eigenvalue weighted by atomic mass is 35.5. The molecule has 1 fully saturated rings. The van der Waals surface area contributed by atoms with Crippen molar-refractivity contribution < 1.29 is 14.3 Å². The summed E-state index contributed by atoms with van der Waals surface area (Å²) in [6.45, 7) is 2.78. The summed E-state index contributed by atoms with van der Waals surface area (Å²) in [5.41, 5.74) is 1.74. The third kappa shape index (κ3) is 2.95. The predicted molar refractivity (Wildman–Crippen MR) is 96.2 cm³/mol. The first-order chi connectivity index (χ1) is 12.0. The van der Waals surface area contributed by atoms with Gasteiger partial charge in [-0.15, -0.1) is 11.8 Å². The SMILES string of the molecule is Cc1nn(C)c(Cl)c1C1SCC(=O)N1CC1COc2ccccc2O1. The first kappa shape index (κ1) is 16.6. The van der Waals surface area contributed by atoms with Gasteiger partial charge >= 0.3 is 0 Å². The minimum atomic E-state index is -0.212. The molecule has 2 unspecified atom stereocenters. The topological polar surface area (TPSA) is 56.6 Å². The molecule has 0 bridgehead atoms. The Morgan fingerprint density at radius 1 is 1.36 bits per heavy atom. The van der Waals surface area contributed by atoms with Crippen LogP contribution in [0.25, 0.3) is 0 Å². The molecule has 1 aromatic heterocycles. The molecule has 0 N–H and O–H groups in total. The maximum absolute atomic E-state index is 12.4. The van der Waals surface area contributed by atoms with E-state index in [2.05, 4.69) is 5.10 Å². The van der Waals surface area contributed by atoms with Gasteiger partial charge in [0.05, 0.1) is 18.0 Å². The van der Waals surface area contributed by atoms with Crippen LogP contribution >= 0.6 is 23.4 Å². The van der Waals surface area contributed by atoms with E-state index in [1.807, 2.05) is 36.1 Å². The first-order valence-electron chi connectivity index (χ1n) is 8.03. The molecule has 2 aromatic rings. The summed E-state index contributed by atoms with van der Waals surface area (Å²) >= 11 is 7.98. The van der Waals surface area contributed by atoms with Gasteiger partial charge in [-0.1, -0.05) is 23.7 Å². The maximum Gasteiger partial charge on any atom is 0.233 e. The van der Waals surface area contributed by atoms with Gasteiger partial charge in [0.2, 0.25) is 5.91 Å². The fourth-order valence-corrected chi connectivity index (χ4v) is 4.83. The van der Waals surface area contributed by atoms with Gasteiger partial charge in [0.15, 0.2) is 17.6 Å². The normalized spacial score (nSPS) is 22.5. The Kier molecular flexibility index (Phi) is 4.29. The summed E-state index contributed by atoms with van der Waals surface area (Å²) in [6.07, 6.45) is -0.212. The van der Waals surface area contributed by atoms with Crippen molar-refractivity contribution in [3.63, 3.8) is 0 Å². The molecular weight excluding hydrogens is 362 g/mol. The third-order valence-electron chi connectivity index (χ3n) is 4.38. The summed E-state index contributed by atoms with van der Waals surface area (Å²) in [6, 6.07) is 7.57. The van der Waals surface area contributed by atoms with Gasteiger partial charge in [-0.05, 0) is 19.1 Å². The fraction of sp³-hybridized carbons (Fsp3) is 0.412. The van der Waals surface area contributed by atoms with Crippen LogP contribution in [0, 0.1) is 6.92 Å². The van der Waals surface area contributed by atoms with E-state index in [0.717, 1.165) is 17.0 Å². The van der Waals surface area contributed by atoms with Crippen LogP contribution < -0.4 is 9.47 Å². The van der Waals surface area contributed by atoms with Gasteiger partial charge in [0.1, 0.15) is 17.1 Å². The second-order valence-corrected chi connectivity index (χ2v) is 7.55. The molecule has 3 heterocycles. The molecular formula is C17H18ClN3O3S. The Balaban J connectivity index is 1.55. The molecule has 2 atom stereocenters. The zero-order valence-corrected chi connectivity index (χ0v) is 15.5. The summed E-state index contributed by atoms with van der Waals surface area (Å²) in [4.78, 5) is 14.3. The number of rotatable bonds is 3. The fourth-order valence-electron chi connectivity index (χ4n) is 3.19. The molecule has 25 heavy (non-hydrogen) atoms. The molecule has 132 valence electrons. The summed E-state index contributed by atoms with van der Waals surface area (Å²) in [5.74, 6) is 1.96. The van der Waals surface area contributed by atoms with Gasteiger partial charge in [-0.2, -0.15) is 5.10 Å². The Bertz CT molecular complexity index is 825. The zero-order valence-electron chi connectivity index (χ0n) is 13.9. The van der Waals surface area contributed by atoms with Gasteiger partial charge in [-0.3, -0.25) is 9.48 Å². The number of nitrogens with zero attached hydrogens (tertiary/aromatic N) is 3. The van der Waals surface area contributed by atoms with Crippen LogP contribution in [0.5, 0.6) is 11.5 Å². The Labute approximate surface area is 155 Å². The summed E-state index contributed by atoms with van der Waals surface area (Å²) in [7, 11) is 1.81. The number of aromatic nitrogens is 2. The quantitative estimate of drug-likeness (QED) is 0.820. The number of fused-ring (bicyclic) bond motifs is 1. The number of ether oxygens (including phenoxy) is 2. The van der Waals surface area contributed by atoms with E-state index in [-0.39, 0.29) is 17.4 Å². The number of thioether (sulfide) groups is 1. The van der Waals surface area contributed by atoms with E-state index in [9.17, 15) is 4.79 Å². The lowest BCUT2D eigenvalue weighted by atomic mass is 10.2. The smallest absolute Gasteiger partial charge is 0.233 e. The number of amides is 1. The van der Waals surface area contributed by atoms with E-state index in [4.69, 9.17) is 21.1 Å². The van der Waals surface area contributed by atoms with Crippen LogP contribution in [0.3, 0.4) is 0 Å². The van der Waals surface area contributed by atoms with E-state index in [1.54, 1.807) is 23.5 Å². The Morgan fingerprint density at radius 2 is 2.12 bits per heavy atom. The summed E-state index contributed by atoms with van der Waals surface area (Å²) < 4.78 is 13.4. The van der Waals surface area contributed by atoms with Crippen LogP contribution in [0.4, 0.5) is 0 Å². The van der Waals surface area contributed by atoms with Crippen molar-refractivity contribution in [1.82, 2.24) is 14.7 Å². The number of carbonyl (C=O) groups excluding carboxylic acids is 1. The lowest BCUT2D eigenvalue weighted by Gasteiger charge is -2.32. The molecule has 6 nitrogen and oxygen atoms in total. The van der Waals surface area contributed by atoms with Gasteiger partial charge in [0.25, 0.3) is 0 Å². The van der Waals surface area contributed by atoms with Crippen LogP contribution in [-0.2, 0) is 11.8 Å². The number of halogens is 1. The van der Waals surface area contributed by atoms with E-state index in [1.165, 1.54) is 0 Å². The van der Waals surface area contributed by atoms with Crippen molar-refractivity contribution in [2.45, 2.75) is 18.4 Å². The summed E-state index contributed by atoms with van der Waals surface area (Å²) in [5, 5.41) is 4.79. The molecule has 1 aromatic carbocycles. The van der Waals surface area contributed by atoms with Crippen molar-refractivity contribution >= 4 is 29.3 Å². The second-order valence-electron chi connectivity index (χ2n) is 6.12. The molecule has 0 spiro atoms. The van der Waals surface area contributed by atoms with Crippen LogP contribution in [0.1, 0.15) is 16.6 Å². The van der Waals surface area contributed by atoms with Crippen LogP contribution in [-0.4, -0.2) is 45.6 Å². The zero-order chi connectivity index (χ0) is 17.6. The molecule has 8 heteroatoms. The third-order valence-corrected chi connectivity index (χ3v) is 6.05. The van der Waals surface area contributed by atoms with E-state index < -0.39 is 0 Å². The van der Waals surface area contributed by atoms with Gasteiger partial charge < -0.3 is 14.4 Å². The molecule has 2 aliphatic heterocycles. The minimum absolute atomic E-state index is 0.0804. The highest BCUT2D eigenvalue weighted by Crippen LogP contribution is 2.43. The molecule has 4 rings (SSSR count). The molecule has 0 saturated carbocycles. The monoisotopic (exact) mass is 379 g/mol. The minimum Gasteiger partial charge on any atom is -0.486 e. The number of hydrogen-bond acceptors (Lipinski definition) is 5. The average Bonchev–Trinajstić information content (AvgIpc) is 3.07. The number of aryl methyl sites for hydroxylation is 2. The standard InChI is InChI=1S/C17H18ClN3O3S/c1-10-15(16(18)20(2)19-10)17-21(14(22)9-25-17)7-11-8-23-12-5-3-4-6-13(12)24-11/h3-6,11,17H,7-9H2,1-2H3. The number of para-hydroxylation sites is 2. The van der Waals surface area contributed by atoms with Crippen molar-refractivity contribution in [2.75, 3.05) is 18.9 Å². The Hall–Kier alpha value is -1.86. The molecule has 0 radical (unpaired) electrons. The number of hydrogen-bond donors (Lipinski definition) is 0. The predicted octanol–water partition coefficient (Wildman–Crippen LogP) is 2.80. The maximum atomic E-state index is 12.4. The van der Waals surface area contributed by atoms with E-state index >= 15 is 0 Å². The lowest BCUT2D eigenvalue weighted by molar-refractivity contribution is -0.129. The van der Waals surface area contributed by atoms with Crippen molar-refractivity contribution in [1.29, 1.82) is 0 Å². The van der Waals surface area contributed by atoms with Gasteiger partial charge in [0, 0.05) is 12.6 Å². The average molecular weight is 380 g/mol. The second kappa shape index (κ2) is 6.46. The molecule has 2 aliphatic rings. The first-order valence-corrected chi connectivity index (χ1v) is 9.46. The largest absolute Gasteiger partial charge is 0.486 e. The molecule has 1 amide bonds.